The Labute approximate surface area is 89.6 Å². The van der Waals surface area contributed by atoms with Crippen LogP contribution in [0.15, 0.2) is 0 Å². The molecule has 2 unspecified atom stereocenters. The maximum atomic E-state index is 11.7. The number of esters is 1. The van der Waals surface area contributed by atoms with Gasteiger partial charge in [0, 0.05) is 12.6 Å². The number of amides is 1. The molecule has 1 saturated carbocycles. The van der Waals surface area contributed by atoms with Crippen LogP contribution in [-0.2, 0) is 14.3 Å². The summed E-state index contributed by atoms with van der Waals surface area (Å²) < 4.78 is 4.48. The van der Waals surface area contributed by atoms with E-state index in [0.29, 0.717) is 12.0 Å². The lowest BCUT2D eigenvalue weighted by Gasteiger charge is -2.36. The number of fused-ring (bicyclic) bond motifs is 1. The molecule has 0 N–H and O–H groups in total. The van der Waals surface area contributed by atoms with E-state index >= 15 is 0 Å². The van der Waals surface area contributed by atoms with Gasteiger partial charge in [0.15, 0.2) is 0 Å². The monoisotopic (exact) mass is 211 g/mol. The van der Waals surface area contributed by atoms with E-state index < -0.39 is 11.9 Å². The zero-order valence-corrected chi connectivity index (χ0v) is 9.07. The molecule has 1 aliphatic heterocycles. The van der Waals surface area contributed by atoms with Gasteiger partial charge in [-0.3, -0.25) is 4.79 Å². The molecule has 0 radical (unpaired) electrons. The van der Waals surface area contributed by atoms with Crippen molar-refractivity contribution >= 4 is 11.9 Å². The van der Waals surface area contributed by atoms with Crippen molar-refractivity contribution in [1.82, 2.24) is 4.90 Å². The molecule has 2 aliphatic rings. The second kappa shape index (κ2) is 4.21. The number of carbonyl (C=O) groups is 2. The fraction of sp³-hybridized carbons (Fsp3) is 0.818. The summed E-state index contributed by atoms with van der Waals surface area (Å²) in [5.74, 6) is -0.552. The molecule has 15 heavy (non-hydrogen) atoms. The number of methoxy groups -OCH3 is 1. The predicted octanol–water partition coefficient (Wildman–Crippen LogP) is 0.950. The number of likely N-dealkylation sites (tertiary alicyclic amines) is 1. The summed E-state index contributed by atoms with van der Waals surface area (Å²) in [6.07, 6.45) is 5.66. The van der Waals surface area contributed by atoms with Gasteiger partial charge in [0.05, 0.1) is 7.11 Å². The van der Waals surface area contributed by atoms with E-state index in [-0.39, 0.29) is 0 Å². The van der Waals surface area contributed by atoms with Crippen molar-refractivity contribution in [2.24, 2.45) is 5.92 Å². The van der Waals surface area contributed by atoms with Crippen LogP contribution in [0.3, 0.4) is 0 Å². The van der Waals surface area contributed by atoms with Gasteiger partial charge in [-0.15, -0.1) is 0 Å². The van der Waals surface area contributed by atoms with Crippen LogP contribution >= 0.6 is 0 Å². The first kappa shape index (κ1) is 10.5. The Morgan fingerprint density at radius 2 is 1.93 bits per heavy atom. The molecule has 0 bridgehead atoms. The first-order valence-electron chi connectivity index (χ1n) is 5.63. The van der Waals surface area contributed by atoms with Gasteiger partial charge in [-0.1, -0.05) is 6.42 Å². The van der Waals surface area contributed by atoms with Crippen molar-refractivity contribution in [1.29, 1.82) is 0 Å². The Morgan fingerprint density at radius 3 is 2.67 bits per heavy atom. The van der Waals surface area contributed by atoms with Crippen molar-refractivity contribution < 1.29 is 14.3 Å². The molecule has 2 atom stereocenters. The number of rotatable bonds is 0. The smallest absolute Gasteiger partial charge is 0.396 e. The SMILES string of the molecule is COC(=O)C(=O)N1CCCC2CCCC21. The first-order valence-corrected chi connectivity index (χ1v) is 5.63. The number of ether oxygens (including phenoxy) is 1. The van der Waals surface area contributed by atoms with Crippen molar-refractivity contribution in [3.63, 3.8) is 0 Å². The van der Waals surface area contributed by atoms with Crippen LogP contribution in [-0.4, -0.2) is 36.5 Å². The third-order valence-corrected chi connectivity index (χ3v) is 3.61. The third-order valence-electron chi connectivity index (χ3n) is 3.61. The zero-order chi connectivity index (χ0) is 10.8. The number of carbonyl (C=O) groups excluding carboxylic acids is 2. The van der Waals surface area contributed by atoms with Gasteiger partial charge in [-0.05, 0) is 31.6 Å². The normalized spacial score (nSPS) is 29.8. The maximum Gasteiger partial charge on any atom is 0.396 e. The molecule has 1 amide bonds. The average molecular weight is 211 g/mol. The van der Waals surface area contributed by atoms with Gasteiger partial charge < -0.3 is 9.64 Å². The van der Waals surface area contributed by atoms with E-state index in [1.54, 1.807) is 4.90 Å². The standard InChI is InChI=1S/C11H17NO3/c1-15-11(14)10(13)12-7-3-5-8-4-2-6-9(8)12/h8-9H,2-7H2,1H3. The molecule has 0 spiro atoms. The molecule has 1 heterocycles. The van der Waals surface area contributed by atoms with E-state index in [9.17, 15) is 9.59 Å². The molecule has 1 aliphatic carbocycles. The summed E-state index contributed by atoms with van der Waals surface area (Å²) in [6.45, 7) is 0.717. The topological polar surface area (TPSA) is 46.6 Å². The summed E-state index contributed by atoms with van der Waals surface area (Å²) >= 11 is 0. The number of nitrogens with zero attached hydrogens (tertiary/aromatic N) is 1. The summed E-state index contributed by atoms with van der Waals surface area (Å²) in [5, 5.41) is 0. The summed E-state index contributed by atoms with van der Waals surface area (Å²) in [5.41, 5.74) is 0. The molecule has 4 nitrogen and oxygen atoms in total. The van der Waals surface area contributed by atoms with Crippen molar-refractivity contribution in [3.05, 3.63) is 0 Å². The van der Waals surface area contributed by atoms with E-state index in [1.807, 2.05) is 0 Å². The Kier molecular flexibility index (Phi) is 2.93. The highest BCUT2D eigenvalue weighted by atomic mass is 16.5. The number of hydrogen-bond acceptors (Lipinski definition) is 3. The molecule has 2 fully saturated rings. The summed E-state index contributed by atoms with van der Waals surface area (Å²) in [4.78, 5) is 24.6. The zero-order valence-electron chi connectivity index (χ0n) is 9.07. The molecular weight excluding hydrogens is 194 g/mol. The van der Waals surface area contributed by atoms with E-state index in [2.05, 4.69) is 4.74 Å². The van der Waals surface area contributed by atoms with Gasteiger partial charge in [-0.2, -0.15) is 0 Å². The molecule has 0 aromatic carbocycles. The third kappa shape index (κ3) is 1.85. The molecule has 0 aromatic rings. The molecule has 84 valence electrons. The lowest BCUT2D eigenvalue weighted by Crippen LogP contribution is -2.49. The lowest BCUT2D eigenvalue weighted by atomic mass is 9.92. The second-order valence-electron chi connectivity index (χ2n) is 4.39. The summed E-state index contributed by atoms with van der Waals surface area (Å²) in [6, 6.07) is 0.297. The molecule has 4 heteroatoms. The highest BCUT2D eigenvalue weighted by Crippen LogP contribution is 2.36. The number of piperidine rings is 1. The average Bonchev–Trinajstić information content (AvgIpc) is 2.74. The highest BCUT2D eigenvalue weighted by molar-refractivity contribution is 6.32. The highest BCUT2D eigenvalue weighted by Gasteiger charge is 2.39. The molecule has 0 aromatic heterocycles. The Morgan fingerprint density at radius 1 is 1.20 bits per heavy atom. The summed E-state index contributed by atoms with van der Waals surface area (Å²) in [7, 11) is 1.26. The largest absolute Gasteiger partial charge is 0.462 e. The minimum absolute atomic E-state index is 0.297. The minimum Gasteiger partial charge on any atom is -0.462 e. The van der Waals surface area contributed by atoms with Crippen LogP contribution < -0.4 is 0 Å². The van der Waals surface area contributed by atoms with Crippen molar-refractivity contribution in [2.45, 2.75) is 38.1 Å². The van der Waals surface area contributed by atoms with Gasteiger partial charge in [0.1, 0.15) is 0 Å². The number of hydrogen-bond donors (Lipinski definition) is 0. The maximum absolute atomic E-state index is 11.7. The van der Waals surface area contributed by atoms with Crippen molar-refractivity contribution in [2.75, 3.05) is 13.7 Å². The van der Waals surface area contributed by atoms with Crippen LogP contribution in [0.5, 0.6) is 0 Å². The van der Waals surface area contributed by atoms with Crippen molar-refractivity contribution in [3.8, 4) is 0 Å². The van der Waals surface area contributed by atoms with Gasteiger partial charge in [0.2, 0.25) is 0 Å². The van der Waals surface area contributed by atoms with Gasteiger partial charge >= 0.3 is 11.9 Å². The van der Waals surface area contributed by atoms with E-state index in [0.717, 1.165) is 19.4 Å². The quantitative estimate of drug-likeness (QED) is 0.442. The lowest BCUT2D eigenvalue weighted by molar-refractivity contribution is -0.160. The van der Waals surface area contributed by atoms with Crippen LogP contribution in [0.1, 0.15) is 32.1 Å². The molecule has 2 rings (SSSR count). The van der Waals surface area contributed by atoms with E-state index in [1.165, 1.54) is 26.4 Å². The molecule has 1 saturated heterocycles. The Bertz CT molecular complexity index is 277. The molecular formula is C11H17NO3. The van der Waals surface area contributed by atoms with Crippen LogP contribution in [0.25, 0.3) is 0 Å². The van der Waals surface area contributed by atoms with Gasteiger partial charge in [-0.25, -0.2) is 4.79 Å². The Hall–Kier alpha value is -1.06. The predicted molar refractivity (Wildman–Crippen MR) is 54.1 cm³/mol. The Balaban J connectivity index is 2.07. The van der Waals surface area contributed by atoms with E-state index in [4.69, 9.17) is 0 Å². The van der Waals surface area contributed by atoms with Crippen LogP contribution in [0.2, 0.25) is 0 Å². The van der Waals surface area contributed by atoms with Gasteiger partial charge in [0.25, 0.3) is 0 Å². The first-order chi connectivity index (χ1) is 7.24. The fourth-order valence-electron chi connectivity index (χ4n) is 2.91. The fourth-order valence-corrected chi connectivity index (χ4v) is 2.91. The second-order valence-corrected chi connectivity index (χ2v) is 4.39. The minimum atomic E-state index is -0.720. The van der Waals surface area contributed by atoms with Crippen LogP contribution in [0, 0.1) is 5.92 Å². The van der Waals surface area contributed by atoms with Crippen LogP contribution in [0.4, 0.5) is 0 Å².